The zero-order chi connectivity index (χ0) is 21.3. The van der Waals surface area contributed by atoms with Gasteiger partial charge in [-0.05, 0) is 31.5 Å². The molecule has 0 fully saturated rings. The normalized spacial score (nSPS) is 11.4. The van der Waals surface area contributed by atoms with E-state index in [9.17, 15) is 4.79 Å². The smallest absolute Gasteiger partial charge is 0.250 e. The molecule has 0 aliphatic carbocycles. The second kappa shape index (κ2) is 11.1. The maximum absolute atomic E-state index is 12.1. The van der Waals surface area contributed by atoms with E-state index in [4.69, 9.17) is 4.74 Å². The zero-order valence-corrected chi connectivity index (χ0v) is 19.4. The summed E-state index contributed by atoms with van der Waals surface area (Å²) in [5.41, 5.74) is 6.68. The third kappa shape index (κ3) is 6.86. The Morgan fingerprint density at radius 1 is 1.13 bits per heavy atom. The number of nitrogens with one attached hydrogen (secondary N) is 1. The fourth-order valence-corrected chi connectivity index (χ4v) is 5.13. The third-order valence-electron chi connectivity index (χ3n) is 4.03. The van der Waals surface area contributed by atoms with E-state index in [1.54, 1.807) is 18.9 Å². The summed E-state index contributed by atoms with van der Waals surface area (Å²) in [6, 6.07) is 16.0. The summed E-state index contributed by atoms with van der Waals surface area (Å²) in [7, 11) is 1.62. The van der Waals surface area contributed by atoms with Crippen LogP contribution in [0.4, 0.5) is 0 Å². The van der Waals surface area contributed by atoms with Crippen LogP contribution in [0.2, 0.25) is 0 Å². The van der Waals surface area contributed by atoms with Gasteiger partial charge in [-0.25, -0.2) is 5.43 Å². The number of benzene rings is 2. The van der Waals surface area contributed by atoms with Crippen molar-refractivity contribution >= 4 is 46.5 Å². The molecule has 1 heterocycles. The fraction of sp³-hybridized carbons (Fsp3) is 0.238. The highest BCUT2D eigenvalue weighted by atomic mass is 32.2. The Balaban J connectivity index is 1.45. The van der Waals surface area contributed by atoms with Gasteiger partial charge in [-0.15, -0.1) is 10.2 Å². The summed E-state index contributed by atoms with van der Waals surface area (Å²) in [6.45, 7) is 3.91. The summed E-state index contributed by atoms with van der Waals surface area (Å²) >= 11 is 4.50. The van der Waals surface area contributed by atoms with Crippen molar-refractivity contribution in [2.75, 3.05) is 12.9 Å². The third-order valence-corrected chi connectivity index (χ3v) is 7.29. The van der Waals surface area contributed by atoms with Crippen LogP contribution in [0.3, 0.4) is 0 Å². The van der Waals surface area contributed by atoms with Crippen molar-refractivity contribution in [2.24, 2.45) is 5.10 Å². The predicted molar refractivity (Wildman–Crippen MR) is 125 cm³/mol. The highest BCUT2D eigenvalue weighted by molar-refractivity contribution is 8.03. The number of hydrogen-bond donors (Lipinski definition) is 1. The van der Waals surface area contributed by atoms with Gasteiger partial charge in [0.25, 0.3) is 5.91 Å². The lowest BCUT2D eigenvalue weighted by Crippen LogP contribution is -2.21. The number of carbonyl (C=O) groups is 1. The minimum absolute atomic E-state index is 0.189. The van der Waals surface area contributed by atoms with Gasteiger partial charge >= 0.3 is 0 Å². The molecule has 0 aliphatic rings. The van der Waals surface area contributed by atoms with Gasteiger partial charge in [0.05, 0.1) is 18.6 Å². The number of carbonyl (C=O) groups excluding carboxylic acids is 1. The van der Waals surface area contributed by atoms with E-state index >= 15 is 0 Å². The van der Waals surface area contributed by atoms with E-state index in [2.05, 4.69) is 51.9 Å². The number of nitrogens with zero attached hydrogens (tertiary/aromatic N) is 3. The van der Waals surface area contributed by atoms with E-state index in [0.717, 1.165) is 25.7 Å². The lowest BCUT2D eigenvalue weighted by Gasteiger charge is -2.04. The monoisotopic (exact) mass is 458 g/mol. The molecule has 6 nitrogen and oxygen atoms in total. The Kier molecular flexibility index (Phi) is 8.30. The van der Waals surface area contributed by atoms with Gasteiger partial charge < -0.3 is 4.74 Å². The first-order valence-electron chi connectivity index (χ1n) is 9.15. The summed E-state index contributed by atoms with van der Waals surface area (Å²) in [5.74, 6) is 1.63. The zero-order valence-electron chi connectivity index (χ0n) is 16.9. The highest BCUT2D eigenvalue weighted by Gasteiger charge is 2.09. The molecule has 0 radical (unpaired) electrons. The minimum atomic E-state index is -0.189. The molecule has 1 aromatic heterocycles. The summed E-state index contributed by atoms with van der Waals surface area (Å²) in [5, 5.41) is 12.5. The lowest BCUT2D eigenvalue weighted by atomic mass is 10.1. The molecule has 0 atom stereocenters. The number of hydrogen-bond acceptors (Lipinski definition) is 8. The summed E-state index contributed by atoms with van der Waals surface area (Å²) < 4.78 is 6.87. The number of rotatable bonds is 9. The highest BCUT2D eigenvalue weighted by Crippen LogP contribution is 2.30. The second-order valence-electron chi connectivity index (χ2n) is 6.36. The molecule has 0 bridgehead atoms. The largest absolute Gasteiger partial charge is 0.497 e. The van der Waals surface area contributed by atoms with Crippen LogP contribution in [0.25, 0.3) is 0 Å². The predicted octanol–water partition coefficient (Wildman–Crippen LogP) is 4.78. The van der Waals surface area contributed by atoms with Crippen molar-refractivity contribution in [3.05, 3.63) is 65.2 Å². The van der Waals surface area contributed by atoms with E-state index < -0.39 is 0 Å². The van der Waals surface area contributed by atoms with E-state index in [1.165, 1.54) is 34.2 Å². The Labute approximate surface area is 188 Å². The number of aryl methyl sites for hydroxylation is 1. The van der Waals surface area contributed by atoms with Crippen molar-refractivity contribution < 1.29 is 9.53 Å². The van der Waals surface area contributed by atoms with Gasteiger partial charge in [0, 0.05) is 11.3 Å². The van der Waals surface area contributed by atoms with Crippen LogP contribution in [0, 0.1) is 6.92 Å². The first-order valence-corrected chi connectivity index (χ1v) is 11.9. The molecule has 1 amide bonds. The Morgan fingerprint density at radius 2 is 1.87 bits per heavy atom. The molecule has 0 spiro atoms. The molecule has 1 N–H and O–H groups in total. The molecule has 3 rings (SSSR count). The molecule has 0 aliphatic heterocycles. The molecule has 9 heteroatoms. The lowest BCUT2D eigenvalue weighted by molar-refractivity contribution is -0.118. The fourth-order valence-electron chi connectivity index (χ4n) is 2.36. The molecule has 30 heavy (non-hydrogen) atoms. The average Bonchev–Trinajstić information content (AvgIpc) is 3.23. The number of thioether (sulfide) groups is 2. The van der Waals surface area contributed by atoms with Crippen LogP contribution in [-0.2, 0) is 10.5 Å². The van der Waals surface area contributed by atoms with Crippen molar-refractivity contribution in [1.29, 1.82) is 0 Å². The average molecular weight is 459 g/mol. The minimum Gasteiger partial charge on any atom is -0.497 e. The van der Waals surface area contributed by atoms with Crippen molar-refractivity contribution in [3.8, 4) is 5.75 Å². The molecular formula is C21H22N4O2S3. The molecule has 0 unspecified atom stereocenters. The van der Waals surface area contributed by atoms with Gasteiger partial charge in [0.1, 0.15) is 5.75 Å². The Bertz CT molecular complexity index is 1020. The molecule has 0 saturated heterocycles. The standard InChI is InChI=1S/C21H22N4O2S3/c1-14-7-9-16(10-8-14)12-28-20-24-25-21(30-20)29-13-19(26)23-22-15(2)17-5-4-6-18(11-17)27-3/h4-11H,12-13H2,1-3H3,(H,23,26)/b22-15-. The van der Waals surface area contributed by atoms with Crippen molar-refractivity contribution in [1.82, 2.24) is 15.6 Å². The molecule has 3 aromatic rings. The molecule has 156 valence electrons. The number of amides is 1. The molecule has 0 saturated carbocycles. The van der Waals surface area contributed by atoms with Crippen molar-refractivity contribution in [3.63, 3.8) is 0 Å². The SMILES string of the molecule is COc1cccc(/C(C)=N\NC(=O)CSc2nnc(SCc3ccc(C)cc3)s2)c1. The summed E-state index contributed by atoms with van der Waals surface area (Å²) in [6.07, 6.45) is 0. The quantitative estimate of drug-likeness (QED) is 0.282. The summed E-state index contributed by atoms with van der Waals surface area (Å²) in [4.78, 5) is 12.1. The first-order chi connectivity index (χ1) is 14.5. The second-order valence-corrected chi connectivity index (χ2v) is 9.78. The maximum atomic E-state index is 12.1. The Hall–Kier alpha value is -2.36. The van der Waals surface area contributed by atoms with Gasteiger partial charge in [0.15, 0.2) is 8.68 Å². The van der Waals surface area contributed by atoms with E-state index in [1.807, 2.05) is 31.2 Å². The number of aromatic nitrogens is 2. The number of methoxy groups -OCH3 is 1. The van der Waals surface area contributed by atoms with Gasteiger partial charge in [-0.2, -0.15) is 5.10 Å². The molecule has 2 aromatic carbocycles. The van der Waals surface area contributed by atoms with Crippen LogP contribution in [0.5, 0.6) is 5.75 Å². The maximum Gasteiger partial charge on any atom is 0.250 e. The number of hydrazone groups is 1. The Morgan fingerprint density at radius 3 is 2.60 bits per heavy atom. The van der Waals surface area contributed by atoms with Gasteiger partial charge in [-0.1, -0.05) is 76.8 Å². The van der Waals surface area contributed by atoms with Crippen LogP contribution >= 0.6 is 34.9 Å². The number of ether oxygens (including phenoxy) is 1. The topological polar surface area (TPSA) is 76.5 Å². The van der Waals surface area contributed by atoms with Gasteiger partial charge in [-0.3, -0.25) is 4.79 Å². The first kappa shape index (κ1) is 22.3. The van der Waals surface area contributed by atoms with Crippen LogP contribution in [-0.4, -0.2) is 34.7 Å². The van der Waals surface area contributed by atoms with Crippen LogP contribution < -0.4 is 10.2 Å². The van der Waals surface area contributed by atoms with E-state index in [0.29, 0.717) is 5.71 Å². The van der Waals surface area contributed by atoms with Crippen molar-refractivity contribution in [2.45, 2.75) is 28.3 Å². The van der Waals surface area contributed by atoms with Crippen LogP contribution in [0.1, 0.15) is 23.6 Å². The van der Waals surface area contributed by atoms with Gasteiger partial charge in [0.2, 0.25) is 0 Å². The van der Waals surface area contributed by atoms with E-state index in [-0.39, 0.29) is 11.7 Å². The van der Waals surface area contributed by atoms with Crippen LogP contribution in [0.15, 0.2) is 62.3 Å². The molecular weight excluding hydrogens is 436 g/mol.